The summed E-state index contributed by atoms with van der Waals surface area (Å²) in [6.45, 7) is 12.7. The number of fused-ring (bicyclic) bond motifs is 2. The number of phenols is 2. The van der Waals surface area contributed by atoms with Crippen LogP contribution in [0.25, 0.3) is 0 Å². The summed E-state index contributed by atoms with van der Waals surface area (Å²) in [7, 11) is 0. The van der Waals surface area contributed by atoms with E-state index in [4.69, 9.17) is 0 Å². The van der Waals surface area contributed by atoms with Crippen LogP contribution in [0.5, 0.6) is 11.5 Å². The first-order valence-electron chi connectivity index (χ1n) is 21.3. The fraction of sp³-hybridized carbons (Fsp3) is 0.360. The maximum absolute atomic E-state index is 18.2. The van der Waals surface area contributed by atoms with E-state index in [1.165, 1.54) is 6.07 Å². The van der Waals surface area contributed by atoms with Crippen molar-refractivity contribution in [3.8, 4) is 11.5 Å². The van der Waals surface area contributed by atoms with Gasteiger partial charge in [-0.2, -0.15) is 0 Å². The van der Waals surface area contributed by atoms with Gasteiger partial charge in [0.15, 0.2) is 5.82 Å². The van der Waals surface area contributed by atoms with Crippen LogP contribution in [0.1, 0.15) is 145 Å². The second kappa shape index (κ2) is 18.8. The predicted molar refractivity (Wildman–Crippen MR) is 236 cm³/mol. The molecule has 1 aliphatic carbocycles. The molecule has 304 valence electrons. The third-order valence-electron chi connectivity index (χ3n) is 11.1. The molecule has 6 rings (SSSR count). The topological polar surface area (TPSA) is 111 Å². The molecule has 58 heavy (non-hydrogen) atoms. The number of aromatic hydroxyl groups is 2. The van der Waals surface area contributed by atoms with Crippen LogP contribution in [0, 0.1) is 5.82 Å². The molecule has 0 fully saturated rings. The van der Waals surface area contributed by atoms with Crippen LogP contribution in [0.3, 0.4) is 0 Å². The lowest BCUT2D eigenvalue weighted by atomic mass is 9.80. The molecule has 0 aliphatic heterocycles. The summed E-state index contributed by atoms with van der Waals surface area (Å²) in [6, 6.07) is 20.9. The van der Waals surface area contributed by atoms with Gasteiger partial charge in [-0.25, -0.2) is 4.39 Å². The molecule has 0 radical (unpaired) electrons. The largest absolute Gasteiger partial charge is 0.507 e. The van der Waals surface area contributed by atoms with E-state index in [1.807, 2.05) is 24.3 Å². The first-order valence-corrected chi connectivity index (χ1v) is 21.3. The summed E-state index contributed by atoms with van der Waals surface area (Å²) in [5.74, 6) is -3.51. The van der Waals surface area contributed by atoms with Gasteiger partial charge in [0.2, 0.25) is 11.6 Å². The molecule has 5 aromatic carbocycles. The molecular weight excluding hydrogens is 726 g/mol. The minimum absolute atomic E-state index is 0.0187. The summed E-state index contributed by atoms with van der Waals surface area (Å²) in [5, 5.41) is 33.2. The maximum atomic E-state index is 18.2. The number of hydrogen-bond donors (Lipinski definition) is 5. The molecule has 5 N–H and O–H groups in total. The first-order chi connectivity index (χ1) is 28.1. The van der Waals surface area contributed by atoms with Crippen LogP contribution in [0.2, 0.25) is 0 Å². The highest BCUT2D eigenvalue weighted by atomic mass is 19.1. The first kappa shape index (κ1) is 42.0. The average molecular weight is 784 g/mol. The fourth-order valence-electron chi connectivity index (χ4n) is 8.50. The number of carbonyl (C=O) groups excluding carboxylic acids is 2. The molecule has 0 heterocycles. The highest BCUT2D eigenvalue weighted by Crippen LogP contribution is 2.50. The second-order valence-electron chi connectivity index (χ2n) is 15.4. The monoisotopic (exact) mass is 783 g/mol. The molecule has 1 aliphatic rings. The van der Waals surface area contributed by atoms with E-state index >= 15 is 9.18 Å². The molecule has 0 saturated carbocycles. The summed E-state index contributed by atoms with van der Waals surface area (Å²) >= 11 is 0. The number of anilines is 6. The minimum Gasteiger partial charge on any atom is -0.507 e. The quantitative estimate of drug-likeness (QED) is 0.0552. The number of carbonyl (C=O) groups is 2. The van der Waals surface area contributed by atoms with E-state index in [-0.39, 0.29) is 28.2 Å². The SMILES string of the molecule is CCCc1cccc(CCC)c1Nc1c(F)c2c(c(Nc3c(CCC)cccc3CCC)c1Nc1c(CCC)cccc1CCC)C(=O)c1c(O)ccc(O)c1C2=O. The van der Waals surface area contributed by atoms with E-state index in [2.05, 4.69) is 87.8 Å². The van der Waals surface area contributed by atoms with E-state index < -0.39 is 40.0 Å². The molecule has 0 aromatic heterocycles. The lowest BCUT2D eigenvalue weighted by molar-refractivity contribution is 0.0971. The highest BCUT2D eigenvalue weighted by Gasteiger charge is 2.42. The van der Waals surface area contributed by atoms with Crippen molar-refractivity contribution in [2.24, 2.45) is 0 Å². The van der Waals surface area contributed by atoms with Gasteiger partial charge in [0.1, 0.15) is 17.2 Å². The molecule has 0 amide bonds. The molecule has 0 saturated heterocycles. The predicted octanol–water partition coefficient (Wildman–Crippen LogP) is 13.0. The van der Waals surface area contributed by atoms with Gasteiger partial charge in [0.25, 0.3) is 0 Å². The van der Waals surface area contributed by atoms with Gasteiger partial charge in [-0.1, -0.05) is 135 Å². The Balaban J connectivity index is 1.79. The van der Waals surface area contributed by atoms with E-state index in [0.29, 0.717) is 0 Å². The van der Waals surface area contributed by atoms with Crippen LogP contribution in [-0.2, 0) is 38.5 Å². The van der Waals surface area contributed by atoms with Gasteiger partial charge in [-0.15, -0.1) is 0 Å². The Hall–Kier alpha value is -5.63. The zero-order chi connectivity index (χ0) is 41.5. The number of nitrogens with one attached hydrogen (secondary N) is 3. The number of ketones is 2. The van der Waals surface area contributed by atoms with Crippen molar-refractivity contribution < 1.29 is 24.2 Å². The average Bonchev–Trinajstić information content (AvgIpc) is 3.20. The number of benzene rings is 5. The summed E-state index contributed by atoms with van der Waals surface area (Å²) in [6.07, 6.45) is 9.68. The molecule has 8 heteroatoms. The molecule has 0 spiro atoms. The van der Waals surface area contributed by atoms with Crippen molar-refractivity contribution in [3.63, 3.8) is 0 Å². The van der Waals surface area contributed by atoms with E-state index in [1.54, 1.807) is 0 Å². The lowest BCUT2D eigenvalue weighted by Gasteiger charge is -2.30. The molecule has 7 nitrogen and oxygen atoms in total. The molecule has 0 bridgehead atoms. The van der Waals surface area contributed by atoms with Crippen molar-refractivity contribution in [2.45, 2.75) is 119 Å². The van der Waals surface area contributed by atoms with Crippen molar-refractivity contribution in [3.05, 3.63) is 128 Å². The van der Waals surface area contributed by atoms with Crippen LogP contribution in [0.4, 0.5) is 38.5 Å². The number of para-hydroxylation sites is 3. The Morgan fingerprint density at radius 3 is 1.02 bits per heavy atom. The molecule has 0 unspecified atom stereocenters. The lowest BCUT2D eigenvalue weighted by Crippen LogP contribution is -2.26. The van der Waals surface area contributed by atoms with Crippen molar-refractivity contribution in [1.29, 1.82) is 0 Å². The van der Waals surface area contributed by atoms with Gasteiger partial charge in [-0.3, -0.25) is 9.59 Å². The van der Waals surface area contributed by atoms with Crippen LogP contribution >= 0.6 is 0 Å². The summed E-state index contributed by atoms with van der Waals surface area (Å²) < 4.78 is 18.2. The van der Waals surface area contributed by atoms with E-state index in [0.717, 1.165) is 134 Å². The minimum atomic E-state index is -0.913. The van der Waals surface area contributed by atoms with Crippen LogP contribution in [-0.4, -0.2) is 21.8 Å². The standard InChI is InChI=1S/C50H58FN3O4/c1-7-16-30-22-13-23-31(17-8-2)43(30)52-46-41-40(49(57)38-36(55)28-29-37(56)39(38)50(41)58)42(51)47(53-44-32(18-9-3)24-14-25-33(44)19-10-4)48(46)54-45-34(20-11-5)26-15-27-35(45)21-12-6/h13-15,22-29,52-56H,7-12,16-21H2,1-6H3. The van der Waals surface area contributed by atoms with Gasteiger partial charge >= 0.3 is 0 Å². The van der Waals surface area contributed by atoms with Gasteiger partial charge < -0.3 is 26.2 Å². The van der Waals surface area contributed by atoms with Crippen molar-refractivity contribution in [1.82, 2.24) is 0 Å². The Morgan fingerprint density at radius 1 is 0.397 bits per heavy atom. The van der Waals surface area contributed by atoms with Crippen molar-refractivity contribution in [2.75, 3.05) is 16.0 Å². The van der Waals surface area contributed by atoms with Crippen molar-refractivity contribution >= 4 is 45.7 Å². The normalized spacial score (nSPS) is 12.1. The summed E-state index contributed by atoms with van der Waals surface area (Å²) in [4.78, 5) is 29.8. The maximum Gasteiger partial charge on any atom is 0.201 e. The summed E-state index contributed by atoms with van der Waals surface area (Å²) in [5.41, 5.74) is 7.69. The third kappa shape index (κ3) is 8.07. The smallest absolute Gasteiger partial charge is 0.201 e. The highest BCUT2D eigenvalue weighted by molar-refractivity contribution is 6.33. The van der Waals surface area contributed by atoms with Gasteiger partial charge in [0, 0.05) is 17.1 Å². The molecule has 0 atom stereocenters. The van der Waals surface area contributed by atoms with Crippen LogP contribution < -0.4 is 16.0 Å². The Labute approximate surface area is 343 Å². The number of halogens is 1. The Kier molecular flexibility index (Phi) is 13.6. The Bertz CT molecular complexity index is 2260. The Morgan fingerprint density at radius 2 is 0.690 bits per heavy atom. The molecule has 5 aromatic rings. The number of hydrogen-bond acceptors (Lipinski definition) is 7. The zero-order valence-electron chi connectivity index (χ0n) is 34.9. The van der Waals surface area contributed by atoms with Gasteiger partial charge in [0.05, 0.1) is 33.6 Å². The third-order valence-corrected chi connectivity index (χ3v) is 11.1. The van der Waals surface area contributed by atoms with Gasteiger partial charge in [-0.05, 0) is 84.0 Å². The number of aryl methyl sites for hydroxylation is 6. The molecular formula is C50H58FN3O4. The number of phenolic OH excluding ortho intramolecular Hbond substituents is 2. The second-order valence-corrected chi connectivity index (χ2v) is 15.4. The number of rotatable bonds is 18. The van der Waals surface area contributed by atoms with Crippen LogP contribution in [0.15, 0.2) is 66.7 Å². The van der Waals surface area contributed by atoms with E-state index in [9.17, 15) is 15.0 Å². The zero-order valence-corrected chi connectivity index (χ0v) is 34.9. The fourth-order valence-corrected chi connectivity index (χ4v) is 8.50.